The molecule has 0 spiro atoms. The van der Waals surface area contributed by atoms with Gasteiger partial charge in [-0.15, -0.1) is 5.10 Å². The van der Waals surface area contributed by atoms with Crippen molar-refractivity contribution in [1.29, 1.82) is 0 Å². The first-order valence-electron chi connectivity index (χ1n) is 7.43. The summed E-state index contributed by atoms with van der Waals surface area (Å²) in [6.45, 7) is 2.85. The van der Waals surface area contributed by atoms with E-state index < -0.39 is 6.04 Å². The van der Waals surface area contributed by atoms with E-state index in [1.165, 1.54) is 23.1 Å². The van der Waals surface area contributed by atoms with Crippen LogP contribution in [0.25, 0.3) is 10.9 Å². The zero-order valence-electron chi connectivity index (χ0n) is 12.5. The summed E-state index contributed by atoms with van der Waals surface area (Å²) in [5, 5.41) is 11.7. The van der Waals surface area contributed by atoms with Gasteiger partial charge in [0.2, 0.25) is 5.91 Å². The van der Waals surface area contributed by atoms with E-state index in [2.05, 4.69) is 20.5 Å². The number of tetrazole rings is 1. The van der Waals surface area contributed by atoms with Crippen molar-refractivity contribution < 1.29 is 9.18 Å². The van der Waals surface area contributed by atoms with E-state index in [0.717, 1.165) is 28.6 Å². The van der Waals surface area contributed by atoms with Gasteiger partial charge in [0.25, 0.3) is 0 Å². The minimum absolute atomic E-state index is 0.0475. The predicted octanol–water partition coefficient (Wildman–Crippen LogP) is 1.44. The molecular formula is C15H15FN6O. The molecule has 7 nitrogen and oxygen atoms in total. The van der Waals surface area contributed by atoms with Gasteiger partial charge < -0.3 is 9.88 Å². The van der Waals surface area contributed by atoms with Gasteiger partial charge in [-0.3, -0.25) is 4.79 Å². The molecule has 0 saturated heterocycles. The average Bonchev–Trinajstić information content (AvgIpc) is 3.20. The highest BCUT2D eigenvalue weighted by molar-refractivity contribution is 5.86. The summed E-state index contributed by atoms with van der Waals surface area (Å²) < 4.78 is 15.0. The summed E-state index contributed by atoms with van der Waals surface area (Å²) in [6, 6.07) is 4.23. The molecule has 1 aliphatic heterocycles. The standard InChI is InChI=1S/C15H15FN6O/c1-9(22-8-17-19-20-22)15(23)21-5-4-14-12(7-21)11-6-10(16)2-3-13(11)18-14/h2-3,6,8-9,18H,4-5,7H2,1H3/t9-/m0/s1. The number of aromatic amines is 1. The zero-order valence-corrected chi connectivity index (χ0v) is 12.5. The number of carbonyl (C=O) groups excluding carboxylic acids is 1. The second kappa shape index (κ2) is 5.15. The highest BCUT2D eigenvalue weighted by Crippen LogP contribution is 2.29. The first-order valence-corrected chi connectivity index (χ1v) is 7.43. The lowest BCUT2D eigenvalue weighted by Gasteiger charge is -2.29. The van der Waals surface area contributed by atoms with Crippen molar-refractivity contribution in [2.45, 2.75) is 25.9 Å². The van der Waals surface area contributed by atoms with Gasteiger partial charge in [-0.25, -0.2) is 9.07 Å². The van der Waals surface area contributed by atoms with Crippen molar-refractivity contribution in [3.05, 3.63) is 41.6 Å². The average molecular weight is 314 g/mol. The number of nitrogens with one attached hydrogen (secondary N) is 1. The van der Waals surface area contributed by atoms with Gasteiger partial charge in [-0.05, 0) is 35.5 Å². The van der Waals surface area contributed by atoms with Gasteiger partial charge in [-0.1, -0.05) is 0 Å². The first-order chi connectivity index (χ1) is 11.1. The van der Waals surface area contributed by atoms with Crippen LogP contribution in [-0.2, 0) is 17.8 Å². The van der Waals surface area contributed by atoms with Crippen LogP contribution in [0.4, 0.5) is 4.39 Å². The minimum atomic E-state index is -0.464. The predicted molar refractivity (Wildman–Crippen MR) is 79.9 cm³/mol. The molecule has 1 aliphatic rings. The lowest BCUT2D eigenvalue weighted by Crippen LogP contribution is -2.39. The van der Waals surface area contributed by atoms with Crippen LogP contribution < -0.4 is 0 Å². The first kappa shape index (κ1) is 13.9. The molecule has 3 aromatic rings. The Bertz CT molecular complexity index is 872. The zero-order chi connectivity index (χ0) is 16.0. The number of carbonyl (C=O) groups is 1. The van der Waals surface area contributed by atoms with Crippen LogP contribution in [0.5, 0.6) is 0 Å². The molecule has 1 atom stereocenters. The smallest absolute Gasteiger partial charge is 0.247 e. The van der Waals surface area contributed by atoms with Crippen LogP contribution in [-0.4, -0.2) is 42.5 Å². The van der Waals surface area contributed by atoms with Crippen LogP contribution in [0.2, 0.25) is 0 Å². The van der Waals surface area contributed by atoms with Gasteiger partial charge in [0.15, 0.2) is 0 Å². The van der Waals surface area contributed by atoms with Gasteiger partial charge in [0, 0.05) is 41.7 Å². The molecule has 0 saturated carbocycles. The number of halogens is 1. The highest BCUT2D eigenvalue weighted by atomic mass is 19.1. The summed E-state index contributed by atoms with van der Waals surface area (Å²) >= 11 is 0. The lowest BCUT2D eigenvalue weighted by atomic mass is 10.0. The number of benzene rings is 1. The fourth-order valence-electron chi connectivity index (χ4n) is 3.10. The fraction of sp³-hybridized carbons (Fsp3) is 0.333. The summed E-state index contributed by atoms with van der Waals surface area (Å²) in [4.78, 5) is 17.7. The molecule has 23 heavy (non-hydrogen) atoms. The topological polar surface area (TPSA) is 79.7 Å². The van der Waals surface area contributed by atoms with Gasteiger partial charge in [0.1, 0.15) is 18.2 Å². The van der Waals surface area contributed by atoms with Crippen molar-refractivity contribution in [3.63, 3.8) is 0 Å². The van der Waals surface area contributed by atoms with Crippen LogP contribution in [0.1, 0.15) is 24.2 Å². The number of hydrogen-bond donors (Lipinski definition) is 1. The molecule has 2 aromatic heterocycles. The molecule has 8 heteroatoms. The van der Waals surface area contributed by atoms with Crippen molar-refractivity contribution in [2.24, 2.45) is 0 Å². The lowest BCUT2D eigenvalue weighted by molar-refractivity contribution is -0.135. The number of aromatic nitrogens is 5. The monoisotopic (exact) mass is 314 g/mol. The molecule has 1 aromatic carbocycles. The molecule has 0 bridgehead atoms. The van der Waals surface area contributed by atoms with Crippen LogP contribution in [0, 0.1) is 5.82 Å². The third-order valence-electron chi connectivity index (χ3n) is 4.37. The third kappa shape index (κ3) is 2.26. The van der Waals surface area contributed by atoms with E-state index >= 15 is 0 Å². The molecule has 1 N–H and O–H groups in total. The number of rotatable bonds is 2. The van der Waals surface area contributed by atoms with Crippen molar-refractivity contribution in [2.75, 3.05) is 6.54 Å². The number of nitrogens with zero attached hydrogens (tertiary/aromatic N) is 5. The number of hydrogen-bond acceptors (Lipinski definition) is 4. The van der Waals surface area contributed by atoms with E-state index in [0.29, 0.717) is 13.1 Å². The molecule has 4 rings (SSSR count). The Balaban J connectivity index is 1.64. The number of amides is 1. The van der Waals surface area contributed by atoms with E-state index in [1.54, 1.807) is 17.9 Å². The summed E-state index contributed by atoms with van der Waals surface area (Å²) in [6.07, 6.45) is 2.15. The quantitative estimate of drug-likeness (QED) is 0.776. The Hall–Kier alpha value is -2.77. The molecule has 0 radical (unpaired) electrons. The van der Waals surface area contributed by atoms with Crippen LogP contribution >= 0.6 is 0 Å². The largest absolute Gasteiger partial charge is 0.358 e. The minimum Gasteiger partial charge on any atom is -0.358 e. The third-order valence-corrected chi connectivity index (χ3v) is 4.37. The Labute approximate surface area is 131 Å². The Morgan fingerprint density at radius 2 is 2.30 bits per heavy atom. The van der Waals surface area contributed by atoms with Crippen LogP contribution in [0.15, 0.2) is 24.5 Å². The number of fused-ring (bicyclic) bond motifs is 3. The van der Waals surface area contributed by atoms with E-state index in [-0.39, 0.29) is 11.7 Å². The van der Waals surface area contributed by atoms with Crippen molar-refractivity contribution in [1.82, 2.24) is 30.1 Å². The van der Waals surface area contributed by atoms with Crippen LogP contribution in [0.3, 0.4) is 0 Å². The summed E-state index contributed by atoms with van der Waals surface area (Å²) in [5.74, 6) is -0.321. The molecule has 1 amide bonds. The molecule has 0 aliphatic carbocycles. The Kier molecular flexibility index (Phi) is 3.10. The van der Waals surface area contributed by atoms with Gasteiger partial charge in [-0.2, -0.15) is 0 Å². The summed E-state index contributed by atoms with van der Waals surface area (Å²) in [7, 11) is 0. The maximum atomic E-state index is 13.5. The molecule has 118 valence electrons. The molecule has 0 fully saturated rings. The summed E-state index contributed by atoms with van der Waals surface area (Å²) in [5.41, 5.74) is 2.96. The highest BCUT2D eigenvalue weighted by Gasteiger charge is 2.28. The maximum absolute atomic E-state index is 13.5. The normalized spacial score (nSPS) is 15.7. The van der Waals surface area contributed by atoms with Crippen molar-refractivity contribution in [3.8, 4) is 0 Å². The Morgan fingerprint density at radius 1 is 1.43 bits per heavy atom. The van der Waals surface area contributed by atoms with Gasteiger partial charge >= 0.3 is 0 Å². The molecule has 0 unspecified atom stereocenters. The SMILES string of the molecule is C[C@@H](C(=O)N1CCc2[nH]c3ccc(F)cc3c2C1)n1cnnn1. The van der Waals surface area contributed by atoms with E-state index in [9.17, 15) is 9.18 Å². The van der Waals surface area contributed by atoms with Gasteiger partial charge in [0.05, 0.1) is 0 Å². The second-order valence-electron chi connectivity index (χ2n) is 5.75. The van der Waals surface area contributed by atoms with E-state index in [1.807, 2.05) is 0 Å². The van der Waals surface area contributed by atoms with E-state index in [4.69, 9.17) is 0 Å². The molecule has 3 heterocycles. The molecular weight excluding hydrogens is 299 g/mol. The second-order valence-corrected chi connectivity index (χ2v) is 5.75. The Morgan fingerprint density at radius 3 is 3.09 bits per heavy atom. The number of H-pyrrole nitrogens is 1. The van der Waals surface area contributed by atoms with Crippen molar-refractivity contribution >= 4 is 16.8 Å². The maximum Gasteiger partial charge on any atom is 0.247 e. The fourth-order valence-corrected chi connectivity index (χ4v) is 3.10.